The summed E-state index contributed by atoms with van der Waals surface area (Å²) in [5, 5.41) is 10.8. The van der Waals surface area contributed by atoms with Gasteiger partial charge in [0.05, 0.1) is 16.2 Å². The van der Waals surface area contributed by atoms with E-state index in [2.05, 4.69) is 4.98 Å². The number of rotatable bonds is 1. The molecule has 14 heavy (non-hydrogen) atoms. The molecular weight excluding hydrogens is 180 g/mol. The summed E-state index contributed by atoms with van der Waals surface area (Å²) < 4.78 is 0. The first-order valence-corrected chi connectivity index (χ1v) is 4.90. The van der Waals surface area contributed by atoms with Gasteiger partial charge in [0.25, 0.3) is 5.69 Å². The highest BCUT2D eigenvalue weighted by Gasteiger charge is 2.19. The summed E-state index contributed by atoms with van der Waals surface area (Å²) in [7, 11) is 0. The van der Waals surface area contributed by atoms with Crippen molar-refractivity contribution in [2.75, 3.05) is 0 Å². The highest BCUT2D eigenvalue weighted by atomic mass is 16.6. The topological polar surface area (TPSA) is 56.0 Å². The minimum absolute atomic E-state index is 0.247. The summed E-state index contributed by atoms with van der Waals surface area (Å²) in [4.78, 5) is 14.7. The first-order chi connectivity index (χ1) is 6.79. The second-order valence-electron chi connectivity index (χ2n) is 3.57. The van der Waals surface area contributed by atoms with E-state index in [4.69, 9.17) is 0 Å². The summed E-state index contributed by atoms with van der Waals surface area (Å²) >= 11 is 0. The Balaban J connectivity index is 2.47. The van der Waals surface area contributed by atoms with Crippen molar-refractivity contribution in [2.24, 2.45) is 0 Å². The molecule has 0 saturated carbocycles. The minimum Gasteiger partial charge on any atom is -0.261 e. The largest absolute Gasteiger partial charge is 0.275 e. The van der Waals surface area contributed by atoms with Crippen molar-refractivity contribution in [1.29, 1.82) is 0 Å². The molecule has 0 spiro atoms. The predicted octanol–water partition coefficient (Wildman–Crippen LogP) is 2.26. The van der Waals surface area contributed by atoms with Crippen LogP contribution in [0.1, 0.15) is 30.5 Å². The molecule has 0 fully saturated rings. The lowest BCUT2D eigenvalue weighted by Gasteiger charge is -2.03. The van der Waals surface area contributed by atoms with Crippen LogP contribution in [0, 0.1) is 10.1 Å². The lowest BCUT2D eigenvalue weighted by Crippen LogP contribution is -2.00. The molecular formula is C10H12N2O2. The molecule has 1 aromatic rings. The molecule has 0 atom stereocenters. The Hall–Kier alpha value is -1.45. The molecule has 0 unspecified atom stereocenters. The lowest BCUT2D eigenvalue weighted by molar-refractivity contribution is -0.385. The zero-order valence-electron chi connectivity index (χ0n) is 7.90. The van der Waals surface area contributed by atoms with Crippen LogP contribution in [0.2, 0.25) is 0 Å². The molecule has 0 aromatic carbocycles. The fraction of sp³-hybridized carbons (Fsp3) is 0.500. The fourth-order valence-corrected chi connectivity index (χ4v) is 1.95. The average molecular weight is 192 g/mol. The van der Waals surface area contributed by atoms with Gasteiger partial charge in [-0.25, -0.2) is 0 Å². The van der Waals surface area contributed by atoms with Gasteiger partial charge in [0.15, 0.2) is 0 Å². The lowest BCUT2D eigenvalue weighted by atomic mass is 10.1. The predicted molar refractivity (Wildman–Crippen MR) is 52.2 cm³/mol. The molecule has 2 rings (SSSR count). The number of nitro groups is 1. The van der Waals surface area contributed by atoms with Crippen LogP contribution in [0.15, 0.2) is 12.3 Å². The van der Waals surface area contributed by atoms with Gasteiger partial charge in [0, 0.05) is 12.3 Å². The average Bonchev–Trinajstić information content (AvgIpc) is 2.41. The van der Waals surface area contributed by atoms with E-state index in [1.807, 2.05) is 0 Å². The minimum atomic E-state index is -0.300. The molecule has 0 saturated heterocycles. The van der Waals surface area contributed by atoms with E-state index in [0.29, 0.717) is 0 Å². The Morgan fingerprint density at radius 2 is 2.07 bits per heavy atom. The van der Waals surface area contributed by atoms with Crippen LogP contribution < -0.4 is 0 Å². The van der Waals surface area contributed by atoms with Gasteiger partial charge in [-0.1, -0.05) is 6.42 Å². The third kappa shape index (κ3) is 1.60. The molecule has 1 aliphatic carbocycles. The maximum atomic E-state index is 10.8. The Labute approximate surface area is 82.1 Å². The molecule has 0 radical (unpaired) electrons. The second kappa shape index (κ2) is 3.74. The van der Waals surface area contributed by atoms with Gasteiger partial charge >= 0.3 is 0 Å². The maximum Gasteiger partial charge on any atom is 0.275 e. The van der Waals surface area contributed by atoms with Gasteiger partial charge in [0.2, 0.25) is 0 Å². The summed E-state index contributed by atoms with van der Waals surface area (Å²) in [6.45, 7) is 0. The summed E-state index contributed by atoms with van der Waals surface area (Å²) in [6.07, 6.45) is 6.52. The smallest absolute Gasteiger partial charge is 0.261 e. The highest BCUT2D eigenvalue weighted by molar-refractivity contribution is 5.42. The molecule has 0 aliphatic heterocycles. The van der Waals surface area contributed by atoms with E-state index in [1.165, 1.54) is 6.07 Å². The van der Waals surface area contributed by atoms with E-state index in [0.717, 1.165) is 43.4 Å². The zero-order chi connectivity index (χ0) is 9.97. The van der Waals surface area contributed by atoms with Crippen molar-refractivity contribution in [3.8, 4) is 0 Å². The molecule has 4 heteroatoms. The number of pyridine rings is 1. The fourth-order valence-electron chi connectivity index (χ4n) is 1.95. The van der Waals surface area contributed by atoms with Crippen LogP contribution in [0.3, 0.4) is 0 Å². The van der Waals surface area contributed by atoms with Gasteiger partial charge in [-0.15, -0.1) is 0 Å². The first-order valence-electron chi connectivity index (χ1n) is 4.90. The van der Waals surface area contributed by atoms with Crippen molar-refractivity contribution >= 4 is 5.69 Å². The van der Waals surface area contributed by atoms with E-state index in [-0.39, 0.29) is 10.6 Å². The monoisotopic (exact) mass is 192 g/mol. The molecule has 0 amide bonds. The van der Waals surface area contributed by atoms with E-state index >= 15 is 0 Å². The van der Waals surface area contributed by atoms with Gasteiger partial charge < -0.3 is 0 Å². The van der Waals surface area contributed by atoms with E-state index in [9.17, 15) is 10.1 Å². The SMILES string of the molecule is O=[N+]([O-])c1ccnc2c1CCCCC2. The van der Waals surface area contributed by atoms with Crippen molar-refractivity contribution in [3.63, 3.8) is 0 Å². The van der Waals surface area contributed by atoms with Gasteiger partial charge in [-0.2, -0.15) is 0 Å². The van der Waals surface area contributed by atoms with Crippen LogP contribution in [0.4, 0.5) is 5.69 Å². The Kier molecular flexibility index (Phi) is 2.43. The molecule has 1 aliphatic rings. The zero-order valence-corrected chi connectivity index (χ0v) is 7.90. The second-order valence-corrected chi connectivity index (χ2v) is 3.57. The van der Waals surface area contributed by atoms with Crippen LogP contribution in [0.25, 0.3) is 0 Å². The molecule has 0 N–H and O–H groups in total. The van der Waals surface area contributed by atoms with Gasteiger partial charge in [-0.05, 0) is 25.7 Å². The normalized spacial score (nSPS) is 15.7. The Bertz CT molecular complexity index is 363. The number of aryl methyl sites for hydroxylation is 1. The van der Waals surface area contributed by atoms with Crippen LogP contribution in [-0.4, -0.2) is 9.91 Å². The van der Waals surface area contributed by atoms with Crippen LogP contribution in [-0.2, 0) is 12.8 Å². The third-order valence-corrected chi connectivity index (χ3v) is 2.66. The van der Waals surface area contributed by atoms with Gasteiger partial charge in [0.1, 0.15) is 0 Å². The molecule has 1 aromatic heterocycles. The van der Waals surface area contributed by atoms with Crippen molar-refractivity contribution in [1.82, 2.24) is 4.98 Å². The summed E-state index contributed by atoms with van der Waals surface area (Å²) in [5.74, 6) is 0. The van der Waals surface area contributed by atoms with Crippen molar-refractivity contribution in [2.45, 2.75) is 32.1 Å². The first kappa shape index (κ1) is 9.12. The summed E-state index contributed by atoms with van der Waals surface area (Å²) in [6, 6.07) is 1.50. The van der Waals surface area contributed by atoms with Crippen molar-refractivity contribution in [3.05, 3.63) is 33.6 Å². The molecule has 4 nitrogen and oxygen atoms in total. The number of nitrogens with zero attached hydrogens (tertiary/aromatic N) is 2. The maximum absolute atomic E-state index is 10.8. The van der Waals surface area contributed by atoms with Crippen molar-refractivity contribution < 1.29 is 4.92 Å². The standard InChI is InChI=1S/C10H12N2O2/c13-12(14)10-6-7-11-9-5-3-1-2-4-8(9)10/h6-7H,1-5H2. The quantitative estimate of drug-likeness (QED) is 0.389. The number of hydrogen-bond acceptors (Lipinski definition) is 3. The molecule has 0 bridgehead atoms. The number of hydrogen-bond donors (Lipinski definition) is 0. The summed E-state index contributed by atoms with van der Waals surface area (Å²) in [5.41, 5.74) is 2.03. The van der Waals surface area contributed by atoms with E-state index < -0.39 is 0 Å². The Morgan fingerprint density at radius 3 is 2.86 bits per heavy atom. The highest BCUT2D eigenvalue weighted by Crippen LogP contribution is 2.26. The van der Waals surface area contributed by atoms with E-state index in [1.54, 1.807) is 6.20 Å². The number of aromatic nitrogens is 1. The number of fused-ring (bicyclic) bond motifs is 1. The third-order valence-electron chi connectivity index (χ3n) is 2.66. The van der Waals surface area contributed by atoms with Crippen LogP contribution >= 0.6 is 0 Å². The Morgan fingerprint density at radius 1 is 1.29 bits per heavy atom. The molecule has 74 valence electrons. The van der Waals surface area contributed by atoms with Crippen LogP contribution in [0.5, 0.6) is 0 Å². The van der Waals surface area contributed by atoms with Gasteiger partial charge in [-0.3, -0.25) is 15.1 Å². The molecule has 1 heterocycles.